The van der Waals surface area contributed by atoms with Crippen molar-refractivity contribution in [2.75, 3.05) is 0 Å². The first-order valence-electron chi connectivity index (χ1n) is 2.03. The molecule has 2 heteroatoms. The minimum Gasteiger partial charge on any atom is -0.0954 e. The second-order valence-electron chi connectivity index (χ2n) is 1.24. The minimum absolute atomic E-state index is 1.58. The molecule has 1 aromatic heterocycles. The summed E-state index contributed by atoms with van der Waals surface area (Å²) in [5.41, 5.74) is 0. The second kappa shape index (κ2) is 1.89. The predicted molar refractivity (Wildman–Crippen MR) is 29.6 cm³/mol. The Hall–Kier alpha value is -0.630. The Bertz CT molecular complexity index is 138. The van der Waals surface area contributed by atoms with E-state index in [1.807, 2.05) is 30.6 Å². The van der Waals surface area contributed by atoms with Gasteiger partial charge in [0.15, 0.2) is 12.4 Å². The number of hydrogen-bond donors (Lipinski definition) is 0. The summed E-state index contributed by atoms with van der Waals surface area (Å²) < 4.78 is 1.58. The molecule has 0 N–H and O–H groups in total. The van der Waals surface area contributed by atoms with Gasteiger partial charge in [0.1, 0.15) is 0 Å². The molecule has 1 nitrogen and oxygen atoms in total. The lowest BCUT2D eigenvalue weighted by molar-refractivity contribution is -0.489. The Balaban J connectivity index is 3.02. The van der Waals surface area contributed by atoms with Gasteiger partial charge in [0.2, 0.25) is 0 Å². The van der Waals surface area contributed by atoms with Gasteiger partial charge in [-0.3, -0.25) is 0 Å². The van der Waals surface area contributed by atoms with Gasteiger partial charge in [0, 0.05) is 12.1 Å². The van der Waals surface area contributed by atoms with Crippen LogP contribution in [0.5, 0.6) is 0 Å². The van der Waals surface area contributed by atoms with E-state index in [4.69, 9.17) is 12.8 Å². The number of aromatic nitrogens is 1. The van der Waals surface area contributed by atoms with Gasteiger partial charge in [-0.25, -0.2) is 0 Å². The average molecular weight is 111 g/mol. The lowest BCUT2D eigenvalue weighted by Gasteiger charge is -1.72. The van der Waals surface area contributed by atoms with Gasteiger partial charge in [-0.05, 0) is 0 Å². The van der Waals surface area contributed by atoms with E-state index in [2.05, 4.69) is 0 Å². The predicted octanol–water partition coefficient (Wildman–Crippen LogP) is 0.935. The molecule has 0 saturated carbocycles. The maximum absolute atomic E-state index is 4.73. The molecule has 0 spiro atoms. The topological polar surface area (TPSA) is 3.88 Å². The highest BCUT2D eigenvalue weighted by atomic mass is 32.1. The summed E-state index contributed by atoms with van der Waals surface area (Å²) in [6.07, 6.45) is 3.63. The van der Waals surface area contributed by atoms with Gasteiger partial charge in [0.25, 0.3) is 12.8 Å². The fourth-order valence-corrected chi connectivity index (χ4v) is 0.523. The molecule has 0 saturated heterocycles. The molecule has 1 heterocycles. The highest BCUT2D eigenvalue weighted by Crippen LogP contribution is 1.75. The van der Waals surface area contributed by atoms with Gasteiger partial charge >= 0.3 is 0 Å². The van der Waals surface area contributed by atoms with E-state index in [0.717, 1.165) is 0 Å². The quantitative estimate of drug-likeness (QED) is 0.438. The Kier molecular flexibility index (Phi) is 1.22. The van der Waals surface area contributed by atoms with Gasteiger partial charge < -0.3 is 0 Å². The minimum atomic E-state index is 1.58. The molecule has 0 aliphatic carbocycles. The van der Waals surface area contributed by atoms with E-state index in [9.17, 15) is 0 Å². The fraction of sp³-hybridized carbons (Fsp3) is 0. The maximum atomic E-state index is 4.73. The first-order chi connectivity index (χ1) is 3.39. The summed E-state index contributed by atoms with van der Waals surface area (Å²) in [7, 11) is 0. The number of hydrogen-bond acceptors (Lipinski definition) is 0. The van der Waals surface area contributed by atoms with Crippen LogP contribution in [-0.2, 0) is 0 Å². The molecule has 1 aromatic rings. The van der Waals surface area contributed by atoms with Crippen molar-refractivity contribution in [2.24, 2.45) is 0 Å². The Morgan fingerprint density at radius 1 is 1.00 bits per heavy atom. The van der Waals surface area contributed by atoms with Crippen LogP contribution in [0.25, 0.3) is 0 Å². The van der Waals surface area contributed by atoms with Crippen molar-refractivity contribution in [3.05, 3.63) is 30.6 Å². The molecule has 7 heavy (non-hydrogen) atoms. The SMILES string of the molecule is [S][n+]1ccccc1. The van der Waals surface area contributed by atoms with Crippen LogP contribution in [-0.4, -0.2) is 0 Å². The molecule has 0 aliphatic heterocycles. The molecule has 0 bridgehead atoms. The summed E-state index contributed by atoms with van der Waals surface area (Å²) in [5, 5.41) is 0. The van der Waals surface area contributed by atoms with Crippen LogP contribution in [0.15, 0.2) is 30.6 Å². The molecule has 1 rings (SSSR count). The average Bonchev–Trinajstić information content (AvgIpc) is 1.69. The standard InChI is InChI=1S/C5H5NS/c7-6-4-2-1-3-5-6/h1-5H/q+1. The molecule has 0 aliphatic rings. The number of rotatable bonds is 0. The van der Waals surface area contributed by atoms with Gasteiger partial charge in [0.05, 0.1) is 0 Å². The lowest BCUT2D eigenvalue weighted by Crippen LogP contribution is -2.16. The van der Waals surface area contributed by atoms with Crippen LogP contribution < -0.4 is 3.97 Å². The zero-order chi connectivity index (χ0) is 5.11. The van der Waals surface area contributed by atoms with Crippen molar-refractivity contribution in [2.45, 2.75) is 0 Å². The Morgan fingerprint density at radius 3 is 1.86 bits per heavy atom. The third kappa shape index (κ3) is 1.12. The first kappa shape index (κ1) is 4.53. The third-order valence-electron chi connectivity index (χ3n) is 0.688. The van der Waals surface area contributed by atoms with Crippen LogP contribution >= 0.6 is 12.8 Å². The Labute approximate surface area is 48.2 Å². The summed E-state index contributed by atoms with van der Waals surface area (Å²) in [4.78, 5) is 0. The molecule has 35 valence electrons. The number of nitrogens with zero attached hydrogens (tertiary/aromatic N) is 1. The summed E-state index contributed by atoms with van der Waals surface area (Å²) >= 11 is 4.73. The molecular weight excluding hydrogens is 106 g/mol. The van der Waals surface area contributed by atoms with Crippen LogP contribution in [0.4, 0.5) is 0 Å². The Morgan fingerprint density at radius 2 is 1.57 bits per heavy atom. The number of pyridine rings is 1. The van der Waals surface area contributed by atoms with Crippen molar-refractivity contribution < 1.29 is 3.97 Å². The van der Waals surface area contributed by atoms with Crippen LogP contribution in [0.1, 0.15) is 0 Å². The molecule has 0 unspecified atom stereocenters. The van der Waals surface area contributed by atoms with Crippen molar-refractivity contribution in [1.29, 1.82) is 0 Å². The monoisotopic (exact) mass is 111 g/mol. The summed E-state index contributed by atoms with van der Waals surface area (Å²) in [5.74, 6) is 0. The molecule has 0 fully saturated rings. The van der Waals surface area contributed by atoms with Crippen LogP contribution in [0, 0.1) is 0 Å². The van der Waals surface area contributed by atoms with Crippen molar-refractivity contribution in [3.63, 3.8) is 0 Å². The zero-order valence-corrected chi connectivity index (χ0v) is 4.56. The summed E-state index contributed by atoms with van der Waals surface area (Å²) in [6, 6.07) is 5.72. The third-order valence-corrected chi connectivity index (χ3v) is 0.932. The van der Waals surface area contributed by atoms with E-state index in [-0.39, 0.29) is 0 Å². The second-order valence-corrected chi connectivity index (χ2v) is 1.66. The van der Waals surface area contributed by atoms with Crippen molar-refractivity contribution in [1.82, 2.24) is 0 Å². The normalized spacial score (nSPS) is 8.57. The van der Waals surface area contributed by atoms with E-state index in [1.54, 1.807) is 3.97 Å². The zero-order valence-electron chi connectivity index (χ0n) is 3.74. The van der Waals surface area contributed by atoms with Crippen molar-refractivity contribution in [3.8, 4) is 0 Å². The molecule has 0 amide bonds. The first-order valence-corrected chi connectivity index (χ1v) is 2.40. The highest BCUT2D eigenvalue weighted by molar-refractivity contribution is 7.73. The van der Waals surface area contributed by atoms with Crippen LogP contribution in [0.3, 0.4) is 0 Å². The smallest absolute Gasteiger partial charge is 0.0954 e. The molecule has 0 atom stereocenters. The molecular formula is C5H5NS+. The van der Waals surface area contributed by atoms with Gasteiger partial charge in [-0.1, -0.05) is 10.0 Å². The molecule has 1 radical (unpaired) electrons. The van der Waals surface area contributed by atoms with E-state index < -0.39 is 0 Å². The van der Waals surface area contributed by atoms with E-state index >= 15 is 0 Å². The van der Waals surface area contributed by atoms with Crippen molar-refractivity contribution >= 4 is 12.8 Å². The molecule has 0 aromatic carbocycles. The fourth-order valence-electron chi connectivity index (χ4n) is 0.383. The van der Waals surface area contributed by atoms with Gasteiger partial charge in [-0.15, -0.1) is 0 Å². The van der Waals surface area contributed by atoms with Crippen LogP contribution in [0.2, 0.25) is 0 Å². The highest BCUT2D eigenvalue weighted by Gasteiger charge is 1.83. The van der Waals surface area contributed by atoms with E-state index in [0.29, 0.717) is 0 Å². The maximum Gasteiger partial charge on any atom is 0.276 e. The lowest BCUT2D eigenvalue weighted by atomic mass is 10.5. The summed E-state index contributed by atoms with van der Waals surface area (Å²) in [6.45, 7) is 0. The largest absolute Gasteiger partial charge is 0.276 e. The van der Waals surface area contributed by atoms with E-state index in [1.165, 1.54) is 0 Å². The van der Waals surface area contributed by atoms with Gasteiger partial charge in [-0.2, -0.15) is 0 Å².